The molecule has 3 aromatic rings. The number of thioether (sulfide) groups is 1. The number of halogens is 2. The van der Waals surface area contributed by atoms with Gasteiger partial charge in [0.2, 0.25) is 0 Å². The van der Waals surface area contributed by atoms with Gasteiger partial charge in [0.25, 0.3) is 5.91 Å². The van der Waals surface area contributed by atoms with Crippen LogP contribution in [-0.2, 0) is 4.79 Å². The molecule has 1 aliphatic rings. The fraction of sp³-hybridized carbons (Fsp3) is 0. The number of rotatable bonds is 3. The molecule has 0 N–H and O–H groups in total. The number of benzene rings is 3. The number of para-hydroxylation sites is 2. The first-order valence-electron chi connectivity index (χ1n) is 8.50. The normalized spacial score (nSPS) is 16.9. The third-order valence-corrected chi connectivity index (χ3v) is 5.58. The molecule has 3 nitrogen and oxygen atoms in total. The molecule has 0 bridgehead atoms. The van der Waals surface area contributed by atoms with Gasteiger partial charge in [0.1, 0.15) is 0 Å². The summed E-state index contributed by atoms with van der Waals surface area (Å²) in [6.45, 7) is 0. The molecule has 3 aromatic carbocycles. The highest BCUT2D eigenvalue weighted by Gasteiger charge is 2.34. The van der Waals surface area contributed by atoms with Crippen LogP contribution in [0.15, 0.2) is 88.8 Å². The number of hydrogen-bond donors (Lipinski definition) is 0. The monoisotopic (exact) mass is 424 g/mol. The molecule has 1 saturated heterocycles. The lowest BCUT2D eigenvalue weighted by atomic mass is 10.2. The van der Waals surface area contributed by atoms with Gasteiger partial charge in [0.05, 0.1) is 16.3 Å². The summed E-state index contributed by atoms with van der Waals surface area (Å²) < 4.78 is 0. The molecular weight excluding hydrogens is 411 g/mol. The minimum atomic E-state index is -0.142. The van der Waals surface area contributed by atoms with E-state index in [1.165, 1.54) is 11.8 Å². The van der Waals surface area contributed by atoms with Crippen molar-refractivity contribution in [3.63, 3.8) is 0 Å². The zero-order valence-corrected chi connectivity index (χ0v) is 16.9. The van der Waals surface area contributed by atoms with Crippen LogP contribution in [0.3, 0.4) is 0 Å². The highest BCUT2D eigenvalue weighted by Crippen LogP contribution is 2.38. The standard InChI is InChI=1S/C22H14Cl2N2OS/c23-16-12-11-15(19(24)14-16)13-20-21(27)26(18-9-5-2-6-10-18)22(28-20)25-17-7-3-1-4-8-17/h1-14H/b20-13-,25-22?. The summed E-state index contributed by atoms with van der Waals surface area (Å²) >= 11 is 13.6. The van der Waals surface area contributed by atoms with Gasteiger partial charge in [-0.05, 0) is 59.8 Å². The lowest BCUT2D eigenvalue weighted by molar-refractivity contribution is -0.113. The van der Waals surface area contributed by atoms with Gasteiger partial charge in [-0.3, -0.25) is 9.69 Å². The van der Waals surface area contributed by atoms with Crippen molar-refractivity contribution in [1.29, 1.82) is 0 Å². The SMILES string of the molecule is O=C1/C(=C/c2ccc(Cl)cc2Cl)SC(=Nc2ccccc2)N1c1ccccc1. The molecule has 0 saturated carbocycles. The summed E-state index contributed by atoms with van der Waals surface area (Å²) in [5.74, 6) is -0.142. The third-order valence-electron chi connectivity index (χ3n) is 4.05. The fourth-order valence-corrected chi connectivity index (χ4v) is 4.18. The van der Waals surface area contributed by atoms with Gasteiger partial charge in [0, 0.05) is 10.0 Å². The largest absolute Gasteiger partial charge is 0.271 e. The van der Waals surface area contributed by atoms with E-state index in [4.69, 9.17) is 23.2 Å². The van der Waals surface area contributed by atoms with E-state index in [-0.39, 0.29) is 5.91 Å². The van der Waals surface area contributed by atoms with Crippen molar-refractivity contribution < 1.29 is 4.79 Å². The highest BCUT2D eigenvalue weighted by atomic mass is 35.5. The molecule has 28 heavy (non-hydrogen) atoms. The Bertz CT molecular complexity index is 1080. The van der Waals surface area contributed by atoms with E-state index >= 15 is 0 Å². The Hall–Kier alpha value is -2.53. The van der Waals surface area contributed by atoms with Crippen LogP contribution >= 0.6 is 35.0 Å². The second kappa shape index (κ2) is 8.23. The smallest absolute Gasteiger partial charge is 0.268 e. The van der Waals surface area contributed by atoms with Crippen molar-refractivity contribution in [1.82, 2.24) is 0 Å². The van der Waals surface area contributed by atoms with Crippen LogP contribution in [0, 0.1) is 0 Å². The van der Waals surface area contributed by atoms with Crippen LogP contribution in [0.25, 0.3) is 6.08 Å². The number of nitrogens with zero attached hydrogens (tertiary/aromatic N) is 2. The summed E-state index contributed by atoms with van der Waals surface area (Å²) in [4.78, 5) is 20.0. The van der Waals surface area contributed by atoms with E-state index in [2.05, 4.69) is 4.99 Å². The maximum atomic E-state index is 13.2. The second-order valence-electron chi connectivity index (χ2n) is 5.98. The predicted molar refractivity (Wildman–Crippen MR) is 119 cm³/mol. The first kappa shape index (κ1) is 18.8. The van der Waals surface area contributed by atoms with Crippen molar-refractivity contribution in [2.24, 2.45) is 4.99 Å². The van der Waals surface area contributed by atoms with Gasteiger partial charge in [-0.2, -0.15) is 0 Å². The van der Waals surface area contributed by atoms with Gasteiger partial charge in [0.15, 0.2) is 5.17 Å². The summed E-state index contributed by atoms with van der Waals surface area (Å²) in [5, 5.41) is 1.64. The Morgan fingerprint density at radius 2 is 1.57 bits per heavy atom. The summed E-state index contributed by atoms with van der Waals surface area (Å²) in [6, 6.07) is 24.2. The van der Waals surface area contributed by atoms with Crippen LogP contribution in [-0.4, -0.2) is 11.1 Å². The summed E-state index contributed by atoms with van der Waals surface area (Å²) in [6.07, 6.45) is 1.77. The Labute approximate surface area is 177 Å². The summed E-state index contributed by atoms with van der Waals surface area (Å²) in [7, 11) is 0. The van der Waals surface area contributed by atoms with Gasteiger partial charge >= 0.3 is 0 Å². The Kier molecular flexibility index (Phi) is 5.53. The maximum Gasteiger partial charge on any atom is 0.271 e. The average Bonchev–Trinajstić information content (AvgIpc) is 3.00. The molecule has 4 rings (SSSR count). The van der Waals surface area contributed by atoms with E-state index in [9.17, 15) is 4.79 Å². The van der Waals surface area contributed by atoms with Gasteiger partial charge in [-0.25, -0.2) is 4.99 Å². The van der Waals surface area contributed by atoms with Crippen molar-refractivity contribution in [2.75, 3.05) is 4.90 Å². The van der Waals surface area contributed by atoms with E-state index < -0.39 is 0 Å². The first-order chi connectivity index (χ1) is 13.6. The van der Waals surface area contributed by atoms with Crippen LogP contribution in [0.4, 0.5) is 11.4 Å². The quantitative estimate of drug-likeness (QED) is 0.432. The lowest BCUT2D eigenvalue weighted by Crippen LogP contribution is -2.28. The number of carbonyl (C=O) groups is 1. The molecule has 6 heteroatoms. The molecule has 0 aliphatic carbocycles. The molecular formula is C22H14Cl2N2OS. The van der Waals surface area contributed by atoms with Crippen molar-refractivity contribution in [3.8, 4) is 0 Å². The molecule has 1 amide bonds. The van der Waals surface area contributed by atoms with E-state index in [1.54, 1.807) is 29.2 Å². The fourth-order valence-electron chi connectivity index (χ4n) is 2.73. The molecule has 1 heterocycles. The third kappa shape index (κ3) is 3.99. The van der Waals surface area contributed by atoms with Crippen molar-refractivity contribution in [2.45, 2.75) is 0 Å². The molecule has 1 aliphatic heterocycles. The van der Waals surface area contributed by atoms with Gasteiger partial charge in [-0.15, -0.1) is 0 Å². The molecule has 1 fully saturated rings. The maximum absolute atomic E-state index is 13.2. The zero-order chi connectivity index (χ0) is 19.5. The molecule has 0 unspecified atom stereocenters. The van der Waals surface area contributed by atoms with Crippen LogP contribution in [0.2, 0.25) is 10.0 Å². The Balaban J connectivity index is 1.78. The Morgan fingerprint density at radius 1 is 0.893 bits per heavy atom. The van der Waals surface area contributed by atoms with E-state index in [0.29, 0.717) is 20.1 Å². The van der Waals surface area contributed by atoms with Gasteiger partial charge < -0.3 is 0 Å². The molecule has 0 spiro atoms. The van der Waals surface area contributed by atoms with Gasteiger partial charge in [-0.1, -0.05) is 65.7 Å². The van der Waals surface area contributed by atoms with E-state index in [1.807, 2.05) is 60.7 Å². The molecule has 0 aromatic heterocycles. The van der Waals surface area contributed by atoms with E-state index in [0.717, 1.165) is 16.9 Å². The van der Waals surface area contributed by atoms with Crippen LogP contribution < -0.4 is 4.90 Å². The van der Waals surface area contributed by atoms with Crippen LogP contribution in [0.1, 0.15) is 5.56 Å². The number of amidine groups is 1. The van der Waals surface area contributed by atoms with Crippen molar-refractivity contribution in [3.05, 3.63) is 99.4 Å². The minimum absolute atomic E-state index is 0.142. The number of amides is 1. The minimum Gasteiger partial charge on any atom is -0.268 e. The molecule has 138 valence electrons. The topological polar surface area (TPSA) is 32.7 Å². The zero-order valence-electron chi connectivity index (χ0n) is 14.5. The predicted octanol–water partition coefficient (Wildman–Crippen LogP) is 6.80. The van der Waals surface area contributed by atoms with Crippen LogP contribution in [0.5, 0.6) is 0 Å². The Morgan fingerprint density at radius 3 is 2.25 bits per heavy atom. The molecule has 0 atom stereocenters. The molecule has 0 radical (unpaired) electrons. The highest BCUT2D eigenvalue weighted by molar-refractivity contribution is 8.19. The first-order valence-corrected chi connectivity index (χ1v) is 10.1. The average molecular weight is 425 g/mol. The summed E-state index contributed by atoms with van der Waals surface area (Å²) in [5.41, 5.74) is 2.28. The second-order valence-corrected chi connectivity index (χ2v) is 7.84. The number of aliphatic imine (C=N–C) groups is 1. The number of hydrogen-bond acceptors (Lipinski definition) is 3. The number of carbonyl (C=O) groups excluding carboxylic acids is 1. The number of anilines is 1. The lowest BCUT2D eigenvalue weighted by Gasteiger charge is -2.15. The van der Waals surface area contributed by atoms with Crippen molar-refractivity contribution >= 4 is 63.5 Å².